The van der Waals surface area contributed by atoms with Crippen molar-refractivity contribution >= 4 is 26.7 Å². The van der Waals surface area contributed by atoms with Crippen molar-refractivity contribution in [2.24, 2.45) is 0 Å². The molecule has 5 rings (SSSR count). The van der Waals surface area contributed by atoms with Gasteiger partial charge in [0.1, 0.15) is 18.5 Å². The molecule has 9 heteroatoms. The molecule has 0 saturated carbocycles. The molecule has 8 nitrogen and oxygen atoms in total. The average molecular weight is 577 g/mol. The summed E-state index contributed by atoms with van der Waals surface area (Å²) in [4.78, 5) is 6.99. The van der Waals surface area contributed by atoms with Gasteiger partial charge in [0.2, 0.25) is 0 Å². The van der Waals surface area contributed by atoms with Crippen molar-refractivity contribution in [2.45, 2.75) is 43.5 Å². The van der Waals surface area contributed by atoms with Gasteiger partial charge in [0.05, 0.1) is 22.7 Å². The standard InChI is InChI=1S/C32H36N2O6S/c1-23-7-15-29(16-8-23)41(35,36)39-22-28(40-32-6-4-5-19-37-32)21-38-27-14-18-31-25(20-27)11-17-30(33-31)24-9-12-26(13-10-24)34(2)3/h7-18,20,28,32H,4-6,19,21-22H2,1-3H3/t28-,32+/m0/s1. The average Bonchev–Trinajstić information content (AvgIpc) is 2.99. The summed E-state index contributed by atoms with van der Waals surface area (Å²) < 4.78 is 48.8. The maximum absolute atomic E-state index is 12.8. The largest absolute Gasteiger partial charge is 0.491 e. The molecule has 0 aliphatic carbocycles. The second-order valence-corrected chi connectivity index (χ2v) is 12.0. The lowest BCUT2D eigenvalue weighted by atomic mass is 10.1. The zero-order valence-corrected chi connectivity index (χ0v) is 24.5. The lowest BCUT2D eigenvalue weighted by molar-refractivity contribution is -0.198. The van der Waals surface area contributed by atoms with E-state index >= 15 is 0 Å². The summed E-state index contributed by atoms with van der Waals surface area (Å²) in [6, 6.07) is 24.5. The fraction of sp³-hybridized carbons (Fsp3) is 0.344. The Balaban J connectivity index is 1.26. The molecular weight excluding hydrogens is 540 g/mol. The molecule has 0 spiro atoms. The highest BCUT2D eigenvalue weighted by molar-refractivity contribution is 7.86. The van der Waals surface area contributed by atoms with Crippen LogP contribution in [0.1, 0.15) is 24.8 Å². The van der Waals surface area contributed by atoms with Gasteiger partial charge in [-0.15, -0.1) is 0 Å². The van der Waals surface area contributed by atoms with E-state index in [1.54, 1.807) is 12.1 Å². The number of nitrogens with zero attached hydrogens (tertiary/aromatic N) is 2. The van der Waals surface area contributed by atoms with Gasteiger partial charge in [0, 0.05) is 37.3 Å². The van der Waals surface area contributed by atoms with Gasteiger partial charge in [-0.1, -0.05) is 35.9 Å². The van der Waals surface area contributed by atoms with Crippen molar-refractivity contribution in [3.05, 3.63) is 84.4 Å². The Labute approximate surface area is 242 Å². The van der Waals surface area contributed by atoms with Crippen LogP contribution in [-0.2, 0) is 23.8 Å². The number of pyridine rings is 1. The molecule has 4 aromatic rings. The van der Waals surface area contributed by atoms with Gasteiger partial charge < -0.3 is 19.1 Å². The van der Waals surface area contributed by atoms with Crippen molar-refractivity contribution < 1.29 is 26.8 Å². The minimum atomic E-state index is -3.95. The molecule has 0 radical (unpaired) electrons. The molecule has 41 heavy (non-hydrogen) atoms. The van der Waals surface area contributed by atoms with E-state index in [1.165, 1.54) is 12.1 Å². The van der Waals surface area contributed by atoms with Crippen molar-refractivity contribution in [1.82, 2.24) is 4.98 Å². The molecule has 0 amide bonds. The van der Waals surface area contributed by atoms with E-state index in [1.807, 2.05) is 51.4 Å². The Morgan fingerprint density at radius 3 is 2.44 bits per heavy atom. The van der Waals surface area contributed by atoms with Crippen LogP contribution < -0.4 is 9.64 Å². The Morgan fingerprint density at radius 2 is 1.73 bits per heavy atom. The number of rotatable bonds is 11. The number of anilines is 1. The zero-order valence-electron chi connectivity index (χ0n) is 23.7. The Kier molecular flexibility index (Phi) is 9.19. The van der Waals surface area contributed by atoms with Crippen molar-refractivity contribution in [2.75, 3.05) is 38.8 Å². The van der Waals surface area contributed by atoms with E-state index < -0.39 is 22.5 Å². The summed E-state index contributed by atoms with van der Waals surface area (Å²) in [6.07, 6.45) is 1.63. The molecule has 2 heterocycles. The van der Waals surface area contributed by atoms with Crippen molar-refractivity contribution in [3.8, 4) is 17.0 Å². The molecule has 0 bridgehead atoms. The van der Waals surface area contributed by atoms with E-state index in [9.17, 15) is 8.42 Å². The Hall–Kier alpha value is -3.50. The van der Waals surface area contributed by atoms with E-state index in [0.717, 1.165) is 52.7 Å². The highest BCUT2D eigenvalue weighted by atomic mass is 32.2. The summed E-state index contributed by atoms with van der Waals surface area (Å²) >= 11 is 0. The zero-order chi connectivity index (χ0) is 28.8. The normalized spacial score (nSPS) is 16.4. The molecule has 1 fully saturated rings. The Morgan fingerprint density at radius 1 is 0.951 bits per heavy atom. The Bertz CT molecular complexity index is 1550. The number of aromatic nitrogens is 1. The van der Waals surface area contributed by atoms with E-state index in [2.05, 4.69) is 29.2 Å². The van der Waals surface area contributed by atoms with Crippen LogP contribution in [0.15, 0.2) is 83.8 Å². The first-order valence-corrected chi connectivity index (χ1v) is 15.2. The lowest BCUT2D eigenvalue weighted by Gasteiger charge is -2.27. The molecule has 0 N–H and O–H groups in total. The molecule has 3 aromatic carbocycles. The maximum atomic E-state index is 12.8. The molecule has 1 aliphatic rings. The quantitative estimate of drug-likeness (QED) is 0.202. The van der Waals surface area contributed by atoms with Gasteiger partial charge in [-0.2, -0.15) is 8.42 Å². The van der Waals surface area contributed by atoms with Crippen molar-refractivity contribution in [1.29, 1.82) is 0 Å². The van der Waals surface area contributed by atoms with Crippen LogP contribution in [-0.4, -0.2) is 59.7 Å². The first-order chi connectivity index (χ1) is 19.8. The predicted molar refractivity (Wildman–Crippen MR) is 160 cm³/mol. The lowest BCUT2D eigenvalue weighted by Crippen LogP contribution is -2.35. The molecule has 216 valence electrons. The van der Waals surface area contributed by atoms with Crippen LogP contribution >= 0.6 is 0 Å². The number of hydrogen-bond acceptors (Lipinski definition) is 8. The van der Waals surface area contributed by atoms with E-state index in [4.69, 9.17) is 23.4 Å². The number of benzene rings is 3. The minimum absolute atomic E-state index is 0.0958. The maximum Gasteiger partial charge on any atom is 0.297 e. The van der Waals surface area contributed by atoms with Crippen LogP contribution in [0.25, 0.3) is 22.2 Å². The van der Waals surface area contributed by atoms with Crippen LogP contribution in [0.3, 0.4) is 0 Å². The van der Waals surface area contributed by atoms with Gasteiger partial charge >= 0.3 is 0 Å². The third kappa shape index (κ3) is 7.62. The molecule has 1 aromatic heterocycles. The molecule has 1 saturated heterocycles. The van der Waals surface area contributed by atoms with Gasteiger partial charge in [0.15, 0.2) is 6.29 Å². The summed E-state index contributed by atoms with van der Waals surface area (Å²) in [7, 11) is 0.0851. The molecule has 0 unspecified atom stereocenters. The second-order valence-electron chi connectivity index (χ2n) is 10.4. The summed E-state index contributed by atoms with van der Waals surface area (Å²) in [5.74, 6) is 0.627. The third-order valence-electron chi connectivity index (χ3n) is 6.98. The van der Waals surface area contributed by atoms with E-state index in [0.29, 0.717) is 12.4 Å². The van der Waals surface area contributed by atoms with Gasteiger partial charge in [-0.3, -0.25) is 4.18 Å². The number of hydrogen-bond donors (Lipinski definition) is 0. The fourth-order valence-corrected chi connectivity index (χ4v) is 5.51. The minimum Gasteiger partial charge on any atom is -0.491 e. The predicted octanol–water partition coefficient (Wildman–Crippen LogP) is 5.97. The third-order valence-corrected chi connectivity index (χ3v) is 8.27. The van der Waals surface area contributed by atoms with E-state index in [-0.39, 0.29) is 18.1 Å². The first-order valence-electron chi connectivity index (χ1n) is 13.8. The van der Waals surface area contributed by atoms with Gasteiger partial charge in [0.25, 0.3) is 10.1 Å². The SMILES string of the molecule is Cc1ccc(S(=O)(=O)OC[C@H](COc2ccc3nc(-c4ccc(N(C)C)cc4)ccc3c2)O[C@@H]2CCCCO2)cc1. The van der Waals surface area contributed by atoms with Gasteiger partial charge in [-0.25, -0.2) is 4.98 Å². The monoisotopic (exact) mass is 576 g/mol. The smallest absolute Gasteiger partial charge is 0.297 e. The summed E-state index contributed by atoms with van der Waals surface area (Å²) in [5.41, 5.74) is 4.88. The van der Waals surface area contributed by atoms with Crippen LogP contribution in [0.4, 0.5) is 5.69 Å². The fourth-order valence-electron chi connectivity index (χ4n) is 4.57. The van der Waals surface area contributed by atoms with Crippen molar-refractivity contribution in [3.63, 3.8) is 0 Å². The number of fused-ring (bicyclic) bond motifs is 1. The highest BCUT2D eigenvalue weighted by Crippen LogP contribution is 2.26. The number of ether oxygens (including phenoxy) is 3. The molecular formula is C32H36N2O6S. The van der Waals surface area contributed by atoms with Crippen LogP contribution in [0.2, 0.25) is 0 Å². The first kappa shape index (κ1) is 29.0. The molecule has 2 atom stereocenters. The second kappa shape index (κ2) is 13.0. The highest BCUT2D eigenvalue weighted by Gasteiger charge is 2.24. The topological polar surface area (TPSA) is 87.2 Å². The summed E-state index contributed by atoms with van der Waals surface area (Å²) in [5, 5.41) is 0.933. The van der Waals surface area contributed by atoms with Crippen LogP contribution in [0.5, 0.6) is 5.75 Å². The molecule has 1 aliphatic heterocycles. The van der Waals surface area contributed by atoms with Crippen LogP contribution in [0, 0.1) is 6.92 Å². The van der Waals surface area contributed by atoms with Gasteiger partial charge in [-0.05, 0) is 74.7 Å². The number of aryl methyl sites for hydroxylation is 1. The summed E-state index contributed by atoms with van der Waals surface area (Å²) in [6.45, 7) is 2.41.